The van der Waals surface area contributed by atoms with Crippen molar-refractivity contribution in [3.63, 3.8) is 0 Å². The Hall–Kier alpha value is -2.47. The van der Waals surface area contributed by atoms with E-state index in [1.54, 1.807) is 0 Å². The number of carbonyl (C=O) groups excluding carboxylic acids is 1. The molecule has 1 amide bonds. The van der Waals surface area contributed by atoms with Gasteiger partial charge in [-0.15, -0.1) is 0 Å². The zero-order valence-electron chi connectivity index (χ0n) is 13.4. The summed E-state index contributed by atoms with van der Waals surface area (Å²) in [4.78, 5) is 21.0. The quantitative estimate of drug-likeness (QED) is 0.715. The lowest BCUT2D eigenvalue weighted by atomic mass is 10.1. The molecule has 1 aromatic carbocycles. The molecule has 0 saturated heterocycles. The molecule has 0 bridgehead atoms. The number of aromatic nitrogens is 2. The number of nitrogens with zero attached hydrogens (tertiary/aromatic N) is 2. The van der Waals surface area contributed by atoms with Crippen LogP contribution in [-0.4, -0.2) is 40.2 Å². The van der Waals surface area contributed by atoms with Gasteiger partial charge >= 0.3 is 0 Å². The highest BCUT2D eigenvalue weighted by Gasteiger charge is 2.19. The second-order valence-electron chi connectivity index (χ2n) is 5.38. The van der Waals surface area contributed by atoms with E-state index in [1.165, 1.54) is 0 Å². The Morgan fingerprint density at radius 3 is 2.43 bits per heavy atom. The van der Waals surface area contributed by atoms with E-state index >= 15 is 0 Å². The largest absolute Gasteiger partial charge is 0.395 e. The molecule has 3 N–H and O–H groups in total. The smallest absolute Gasteiger partial charge is 0.243 e. The molecule has 0 radical (unpaired) electrons. The molecular weight excluding hydrogens is 292 g/mol. The maximum absolute atomic E-state index is 12.3. The first-order valence-electron chi connectivity index (χ1n) is 7.60. The standard InChI is InChI=1S/C17H22N4O2/c1-12-10-13(2)20-17(19-12)21-15(16(23)18-8-9-22)11-14-6-4-3-5-7-14/h3-7,10,15,22H,8-9,11H2,1-2H3,(H,18,23)(H,19,20,21)/t15-/m0/s1. The molecule has 0 unspecified atom stereocenters. The molecule has 23 heavy (non-hydrogen) atoms. The molecule has 0 aliphatic carbocycles. The van der Waals surface area contributed by atoms with Gasteiger partial charge in [0, 0.05) is 24.4 Å². The first-order chi connectivity index (χ1) is 11.1. The van der Waals surface area contributed by atoms with Crippen LogP contribution in [-0.2, 0) is 11.2 Å². The average molecular weight is 314 g/mol. The summed E-state index contributed by atoms with van der Waals surface area (Å²) >= 11 is 0. The lowest BCUT2D eigenvalue weighted by Crippen LogP contribution is -2.42. The molecule has 2 aromatic rings. The van der Waals surface area contributed by atoms with Crippen LogP contribution in [0.4, 0.5) is 5.95 Å². The van der Waals surface area contributed by atoms with E-state index in [0.29, 0.717) is 12.4 Å². The minimum atomic E-state index is -0.509. The first-order valence-corrected chi connectivity index (χ1v) is 7.60. The van der Waals surface area contributed by atoms with Gasteiger partial charge in [-0.2, -0.15) is 0 Å². The van der Waals surface area contributed by atoms with E-state index in [1.807, 2.05) is 50.2 Å². The van der Waals surface area contributed by atoms with Crippen LogP contribution >= 0.6 is 0 Å². The number of amides is 1. The Kier molecular flexibility index (Phi) is 6.05. The minimum absolute atomic E-state index is 0.0934. The van der Waals surface area contributed by atoms with Crippen molar-refractivity contribution in [2.24, 2.45) is 0 Å². The minimum Gasteiger partial charge on any atom is -0.395 e. The summed E-state index contributed by atoms with van der Waals surface area (Å²) in [7, 11) is 0. The van der Waals surface area contributed by atoms with Crippen LogP contribution in [0.15, 0.2) is 36.4 Å². The molecule has 1 aromatic heterocycles. The monoisotopic (exact) mass is 314 g/mol. The Balaban J connectivity index is 2.16. The van der Waals surface area contributed by atoms with Crippen LogP contribution < -0.4 is 10.6 Å². The predicted octanol–water partition coefficient (Wildman–Crippen LogP) is 1.23. The molecule has 6 heteroatoms. The highest BCUT2D eigenvalue weighted by atomic mass is 16.3. The summed E-state index contributed by atoms with van der Waals surface area (Å²) in [5, 5.41) is 14.7. The van der Waals surface area contributed by atoms with Gasteiger partial charge < -0.3 is 15.7 Å². The van der Waals surface area contributed by atoms with Gasteiger partial charge in [-0.05, 0) is 25.5 Å². The highest BCUT2D eigenvalue weighted by molar-refractivity contribution is 5.84. The van der Waals surface area contributed by atoms with Crippen molar-refractivity contribution in [1.29, 1.82) is 0 Å². The molecule has 0 aliphatic heterocycles. The Morgan fingerprint density at radius 2 is 1.83 bits per heavy atom. The highest BCUT2D eigenvalue weighted by Crippen LogP contribution is 2.10. The molecule has 0 saturated carbocycles. The topological polar surface area (TPSA) is 87.1 Å². The number of benzene rings is 1. The third-order valence-electron chi connectivity index (χ3n) is 3.30. The van der Waals surface area contributed by atoms with Gasteiger partial charge in [0.15, 0.2) is 0 Å². The van der Waals surface area contributed by atoms with Crippen molar-refractivity contribution in [2.45, 2.75) is 26.3 Å². The SMILES string of the molecule is Cc1cc(C)nc(N[C@@H](Cc2ccccc2)C(=O)NCCO)n1. The third kappa shape index (κ3) is 5.34. The van der Waals surface area contributed by atoms with Crippen molar-refractivity contribution < 1.29 is 9.90 Å². The lowest BCUT2D eigenvalue weighted by molar-refractivity contribution is -0.122. The van der Waals surface area contributed by atoms with E-state index in [4.69, 9.17) is 5.11 Å². The maximum atomic E-state index is 12.3. The van der Waals surface area contributed by atoms with Gasteiger partial charge in [0.1, 0.15) is 6.04 Å². The Labute approximate surface area is 136 Å². The molecular formula is C17H22N4O2. The number of rotatable bonds is 7. The van der Waals surface area contributed by atoms with Gasteiger partial charge in [-0.1, -0.05) is 30.3 Å². The van der Waals surface area contributed by atoms with Crippen LogP contribution in [0.25, 0.3) is 0 Å². The number of carbonyl (C=O) groups is 1. The van der Waals surface area contributed by atoms with Crippen molar-refractivity contribution in [2.75, 3.05) is 18.5 Å². The van der Waals surface area contributed by atoms with Gasteiger partial charge in [0.05, 0.1) is 6.61 Å². The molecule has 0 aliphatic rings. The van der Waals surface area contributed by atoms with Crippen LogP contribution in [0, 0.1) is 13.8 Å². The van der Waals surface area contributed by atoms with Gasteiger partial charge in [-0.3, -0.25) is 4.79 Å². The number of nitrogens with one attached hydrogen (secondary N) is 2. The molecule has 0 spiro atoms. The van der Waals surface area contributed by atoms with E-state index < -0.39 is 6.04 Å². The van der Waals surface area contributed by atoms with E-state index in [9.17, 15) is 4.79 Å². The van der Waals surface area contributed by atoms with Crippen LogP contribution in [0.2, 0.25) is 0 Å². The Bertz CT molecular complexity index is 626. The van der Waals surface area contributed by atoms with Gasteiger partial charge in [0.25, 0.3) is 0 Å². The molecule has 1 heterocycles. The zero-order chi connectivity index (χ0) is 16.7. The average Bonchev–Trinajstić information content (AvgIpc) is 2.52. The first kappa shape index (κ1) is 16.9. The van der Waals surface area contributed by atoms with Crippen molar-refractivity contribution in [1.82, 2.24) is 15.3 Å². The number of aryl methyl sites for hydroxylation is 2. The number of hydrogen-bond acceptors (Lipinski definition) is 5. The summed E-state index contributed by atoms with van der Waals surface area (Å²) in [5.74, 6) is 0.244. The fourth-order valence-electron chi connectivity index (χ4n) is 2.31. The molecule has 122 valence electrons. The van der Waals surface area contributed by atoms with E-state index in [2.05, 4.69) is 20.6 Å². The summed E-state index contributed by atoms with van der Waals surface area (Å²) in [6, 6.07) is 11.1. The lowest BCUT2D eigenvalue weighted by Gasteiger charge is -2.19. The Morgan fingerprint density at radius 1 is 1.17 bits per heavy atom. The normalized spacial score (nSPS) is 11.8. The van der Waals surface area contributed by atoms with Gasteiger partial charge in [-0.25, -0.2) is 9.97 Å². The number of aliphatic hydroxyl groups is 1. The number of anilines is 1. The molecule has 2 rings (SSSR count). The molecule has 6 nitrogen and oxygen atoms in total. The zero-order valence-corrected chi connectivity index (χ0v) is 13.4. The van der Waals surface area contributed by atoms with Crippen molar-refractivity contribution in [3.8, 4) is 0 Å². The second kappa shape index (κ2) is 8.24. The number of hydrogen-bond donors (Lipinski definition) is 3. The van der Waals surface area contributed by atoms with Gasteiger partial charge in [0.2, 0.25) is 11.9 Å². The summed E-state index contributed by atoms with van der Waals surface area (Å²) in [5.41, 5.74) is 2.72. The fourth-order valence-corrected chi connectivity index (χ4v) is 2.31. The predicted molar refractivity (Wildman–Crippen MR) is 89.2 cm³/mol. The van der Waals surface area contributed by atoms with E-state index in [0.717, 1.165) is 17.0 Å². The molecule has 1 atom stereocenters. The third-order valence-corrected chi connectivity index (χ3v) is 3.30. The number of aliphatic hydroxyl groups excluding tert-OH is 1. The van der Waals surface area contributed by atoms with Crippen LogP contribution in [0.3, 0.4) is 0 Å². The molecule has 0 fully saturated rings. The maximum Gasteiger partial charge on any atom is 0.243 e. The summed E-state index contributed by atoms with van der Waals surface area (Å²) < 4.78 is 0. The second-order valence-corrected chi connectivity index (χ2v) is 5.38. The van der Waals surface area contributed by atoms with Crippen molar-refractivity contribution in [3.05, 3.63) is 53.3 Å². The van der Waals surface area contributed by atoms with Crippen molar-refractivity contribution >= 4 is 11.9 Å². The summed E-state index contributed by atoms with van der Waals surface area (Å²) in [6.07, 6.45) is 0.508. The van der Waals surface area contributed by atoms with E-state index in [-0.39, 0.29) is 19.1 Å². The summed E-state index contributed by atoms with van der Waals surface area (Å²) in [6.45, 7) is 3.90. The van der Waals surface area contributed by atoms with Crippen LogP contribution in [0.5, 0.6) is 0 Å². The van der Waals surface area contributed by atoms with Crippen LogP contribution in [0.1, 0.15) is 17.0 Å². The fraction of sp³-hybridized carbons (Fsp3) is 0.353.